The van der Waals surface area contributed by atoms with Gasteiger partial charge in [0, 0.05) is 7.05 Å². The minimum absolute atomic E-state index is 0.00940. The Balaban J connectivity index is 1.67. The molecule has 1 N–H and O–H groups in total. The second-order valence-corrected chi connectivity index (χ2v) is 7.67. The van der Waals surface area contributed by atoms with Crippen LogP contribution >= 0.6 is 11.8 Å². The summed E-state index contributed by atoms with van der Waals surface area (Å²) in [6.07, 6.45) is 3.50. The zero-order chi connectivity index (χ0) is 19.2. The number of aromatic nitrogens is 3. The lowest BCUT2D eigenvalue weighted by molar-refractivity contribution is -0.121. The van der Waals surface area contributed by atoms with Crippen molar-refractivity contribution in [1.82, 2.24) is 20.1 Å². The number of benzene rings is 1. The minimum atomic E-state index is -0.291. The lowest BCUT2D eigenvalue weighted by atomic mass is 10.0. The average molecular weight is 385 g/mol. The monoisotopic (exact) mass is 384 g/mol. The van der Waals surface area contributed by atoms with Gasteiger partial charge < -0.3 is 14.3 Å². The van der Waals surface area contributed by atoms with Crippen LogP contribution < -0.4 is 5.32 Å². The quantitative estimate of drug-likeness (QED) is 0.589. The highest BCUT2D eigenvalue weighted by atomic mass is 32.2. The molecule has 0 saturated heterocycles. The first-order valence-electron chi connectivity index (χ1n) is 9.05. The number of rotatable bonds is 8. The maximum absolute atomic E-state index is 12.7. The normalized spacial score (nSPS) is 13.3. The molecule has 0 saturated carbocycles. The van der Waals surface area contributed by atoms with E-state index in [2.05, 4.69) is 34.6 Å². The van der Waals surface area contributed by atoms with Gasteiger partial charge in [-0.15, -0.1) is 10.2 Å². The van der Waals surface area contributed by atoms with E-state index in [1.54, 1.807) is 6.26 Å². The van der Waals surface area contributed by atoms with Gasteiger partial charge in [-0.25, -0.2) is 0 Å². The third-order valence-electron chi connectivity index (χ3n) is 4.32. The highest BCUT2D eigenvalue weighted by molar-refractivity contribution is 8.00. The molecule has 6 nitrogen and oxygen atoms in total. The Kier molecular flexibility index (Phi) is 6.34. The Labute approximate surface area is 163 Å². The van der Waals surface area contributed by atoms with Crippen LogP contribution in [0.25, 0.3) is 11.6 Å². The second-order valence-electron chi connectivity index (χ2n) is 6.36. The molecule has 0 aliphatic heterocycles. The van der Waals surface area contributed by atoms with Gasteiger partial charge in [-0.2, -0.15) is 0 Å². The van der Waals surface area contributed by atoms with Gasteiger partial charge in [0.1, 0.15) is 0 Å². The summed E-state index contributed by atoms with van der Waals surface area (Å²) in [4.78, 5) is 12.7. The number of hydrogen-bond donors (Lipinski definition) is 1. The molecule has 2 aromatic heterocycles. The van der Waals surface area contributed by atoms with Gasteiger partial charge in [-0.1, -0.05) is 55.4 Å². The van der Waals surface area contributed by atoms with E-state index in [1.165, 1.54) is 11.8 Å². The van der Waals surface area contributed by atoms with E-state index >= 15 is 0 Å². The lowest BCUT2D eigenvalue weighted by Gasteiger charge is -2.21. The summed E-state index contributed by atoms with van der Waals surface area (Å²) in [7, 11) is 1.87. The standard InChI is InChI=1S/C20H24N4O2S/c1-4-9-16(15-10-6-5-7-11-15)21-19(25)14(2)27-20-23-22-18(24(20)3)17-12-8-13-26-17/h5-8,10-14,16H,4,9H2,1-3H3,(H,21,25). The number of amides is 1. The zero-order valence-corrected chi connectivity index (χ0v) is 16.6. The molecule has 0 fully saturated rings. The number of nitrogens with one attached hydrogen (secondary N) is 1. The van der Waals surface area contributed by atoms with Gasteiger partial charge in [-0.3, -0.25) is 4.79 Å². The molecule has 142 valence electrons. The van der Waals surface area contributed by atoms with E-state index in [-0.39, 0.29) is 17.2 Å². The lowest BCUT2D eigenvalue weighted by Crippen LogP contribution is -2.34. The van der Waals surface area contributed by atoms with Gasteiger partial charge >= 0.3 is 0 Å². The number of nitrogens with zero attached hydrogens (tertiary/aromatic N) is 3. The summed E-state index contributed by atoms with van der Waals surface area (Å²) in [5.74, 6) is 1.29. The molecular weight excluding hydrogens is 360 g/mol. The van der Waals surface area contributed by atoms with Crippen molar-refractivity contribution in [1.29, 1.82) is 0 Å². The van der Waals surface area contributed by atoms with Crippen molar-refractivity contribution in [3.8, 4) is 11.6 Å². The summed E-state index contributed by atoms with van der Waals surface area (Å²) < 4.78 is 7.22. The Bertz CT molecular complexity index is 862. The van der Waals surface area contributed by atoms with E-state index in [4.69, 9.17) is 4.42 Å². The molecule has 2 heterocycles. The van der Waals surface area contributed by atoms with Crippen molar-refractivity contribution in [2.45, 2.75) is 43.1 Å². The third kappa shape index (κ3) is 4.60. The van der Waals surface area contributed by atoms with Gasteiger partial charge in [-0.05, 0) is 31.0 Å². The van der Waals surface area contributed by atoms with Crippen LogP contribution in [-0.2, 0) is 11.8 Å². The maximum atomic E-state index is 12.7. The van der Waals surface area contributed by atoms with Crippen molar-refractivity contribution < 1.29 is 9.21 Å². The van der Waals surface area contributed by atoms with Crippen molar-refractivity contribution >= 4 is 17.7 Å². The van der Waals surface area contributed by atoms with Crippen molar-refractivity contribution in [3.63, 3.8) is 0 Å². The summed E-state index contributed by atoms with van der Waals surface area (Å²) in [6.45, 7) is 4.01. The van der Waals surface area contributed by atoms with E-state index in [9.17, 15) is 4.79 Å². The van der Waals surface area contributed by atoms with Crippen LogP contribution in [0.1, 0.15) is 38.3 Å². The number of carbonyl (C=O) groups is 1. The SMILES string of the molecule is CCCC(NC(=O)C(C)Sc1nnc(-c2ccco2)n1C)c1ccccc1. The second kappa shape index (κ2) is 8.90. The van der Waals surface area contributed by atoms with Crippen LogP contribution in [0.3, 0.4) is 0 Å². The summed E-state index contributed by atoms with van der Waals surface area (Å²) >= 11 is 1.39. The fraction of sp³-hybridized carbons (Fsp3) is 0.350. The summed E-state index contributed by atoms with van der Waals surface area (Å²) in [6, 6.07) is 13.7. The van der Waals surface area contributed by atoms with Crippen molar-refractivity contribution in [3.05, 3.63) is 54.3 Å². The molecule has 1 aromatic carbocycles. The fourth-order valence-corrected chi connectivity index (χ4v) is 3.66. The first-order valence-corrected chi connectivity index (χ1v) is 9.93. The van der Waals surface area contributed by atoms with Crippen molar-refractivity contribution in [2.24, 2.45) is 7.05 Å². The van der Waals surface area contributed by atoms with E-state index in [0.717, 1.165) is 18.4 Å². The number of thioether (sulfide) groups is 1. The van der Waals surface area contributed by atoms with E-state index < -0.39 is 0 Å². The summed E-state index contributed by atoms with van der Waals surface area (Å²) in [5, 5.41) is 11.9. The Morgan fingerprint density at radius 1 is 1.22 bits per heavy atom. The first-order chi connectivity index (χ1) is 13.1. The van der Waals surface area contributed by atoms with Crippen LogP contribution in [0.2, 0.25) is 0 Å². The predicted octanol–water partition coefficient (Wildman–Crippen LogP) is 4.21. The van der Waals surface area contributed by atoms with Gasteiger partial charge in [0.15, 0.2) is 16.7 Å². The molecule has 3 aromatic rings. The Morgan fingerprint density at radius 3 is 2.67 bits per heavy atom. The number of carbonyl (C=O) groups excluding carboxylic acids is 1. The van der Waals surface area contributed by atoms with Crippen LogP contribution in [0.4, 0.5) is 0 Å². The van der Waals surface area contributed by atoms with Gasteiger partial charge in [0.05, 0.1) is 17.6 Å². The van der Waals surface area contributed by atoms with Gasteiger partial charge in [0.25, 0.3) is 0 Å². The van der Waals surface area contributed by atoms with Gasteiger partial charge in [0.2, 0.25) is 5.91 Å². The summed E-state index contributed by atoms with van der Waals surface area (Å²) in [5.41, 5.74) is 1.13. The molecule has 0 radical (unpaired) electrons. The molecule has 7 heteroatoms. The zero-order valence-electron chi connectivity index (χ0n) is 15.8. The first kappa shape index (κ1) is 19.2. The highest BCUT2D eigenvalue weighted by Crippen LogP contribution is 2.27. The Morgan fingerprint density at radius 2 is 2.00 bits per heavy atom. The van der Waals surface area contributed by atoms with Crippen LogP contribution in [0.15, 0.2) is 58.3 Å². The molecular formula is C20H24N4O2S. The molecule has 1 amide bonds. The molecule has 0 aliphatic rings. The Hall–Kier alpha value is -2.54. The topological polar surface area (TPSA) is 73.0 Å². The highest BCUT2D eigenvalue weighted by Gasteiger charge is 2.22. The molecule has 0 aliphatic carbocycles. The molecule has 27 heavy (non-hydrogen) atoms. The predicted molar refractivity (Wildman–Crippen MR) is 106 cm³/mol. The molecule has 2 unspecified atom stereocenters. The molecule has 3 rings (SSSR count). The minimum Gasteiger partial charge on any atom is -0.461 e. The molecule has 2 atom stereocenters. The van der Waals surface area contributed by atoms with E-state index in [1.807, 2.05) is 48.9 Å². The van der Waals surface area contributed by atoms with Crippen molar-refractivity contribution in [2.75, 3.05) is 0 Å². The van der Waals surface area contributed by atoms with Crippen LogP contribution in [0.5, 0.6) is 0 Å². The smallest absolute Gasteiger partial charge is 0.233 e. The number of furan rings is 1. The largest absolute Gasteiger partial charge is 0.461 e. The average Bonchev–Trinajstić information content (AvgIpc) is 3.32. The third-order valence-corrected chi connectivity index (χ3v) is 5.46. The van der Waals surface area contributed by atoms with E-state index in [0.29, 0.717) is 16.7 Å². The van der Waals surface area contributed by atoms with Crippen LogP contribution in [0, 0.1) is 0 Å². The number of hydrogen-bond acceptors (Lipinski definition) is 5. The fourth-order valence-electron chi connectivity index (χ4n) is 2.83. The molecule has 0 spiro atoms. The maximum Gasteiger partial charge on any atom is 0.233 e. The molecule has 0 bridgehead atoms. The van der Waals surface area contributed by atoms with Crippen LogP contribution in [-0.4, -0.2) is 25.9 Å².